The lowest BCUT2D eigenvalue weighted by atomic mass is 9.85. The lowest BCUT2D eigenvalue weighted by Gasteiger charge is -2.26. The van der Waals surface area contributed by atoms with Gasteiger partial charge in [0.05, 0.1) is 18.1 Å². The van der Waals surface area contributed by atoms with Crippen LogP contribution in [0.2, 0.25) is 0 Å². The number of amides is 1. The fraction of sp³-hybridized carbons (Fsp3) is 0.562. The molecule has 0 bridgehead atoms. The highest BCUT2D eigenvalue weighted by atomic mass is 32.2. The molecule has 2 aliphatic rings. The average Bonchev–Trinajstić information content (AvgIpc) is 2.52. The summed E-state index contributed by atoms with van der Waals surface area (Å²) < 4.78 is 31.6. The fourth-order valence-corrected chi connectivity index (χ4v) is 4.13. The number of morpholine rings is 1. The molecule has 7 heteroatoms. The van der Waals surface area contributed by atoms with Crippen molar-refractivity contribution in [3.05, 3.63) is 29.8 Å². The molecule has 6 nitrogen and oxygen atoms in total. The molecule has 1 aliphatic carbocycles. The minimum absolute atomic E-state index is 0.0984. The van der Waals surface area contributed by atoms with Gasteiger partial charge in [-0.25, -0.2) is 8.42 Å². The second-order valence-electron chi connectivity index (χ2n) is 6.01. The van der Waals surface area contributed by atoms with Crippen LogP contribution in [-0.2, 0) is 26.1 Å². The molecule has 1 saturated carbocycles. The molecule has 1 saturated heterocycles. The number of hydrogen-bond donors (Lipinski definition) is 1. The molecule has 3 rings (SSSR count). The van der Waals surface area contributed by atoms with Crippen molar-refractivity contribution in [2.75, 3.05) is 26.3 Å². The van der Waals surface area contributed by atoms with Gasteiger partial charge in [0.15, 0.2) is 0 Å². The molecule has 1 heterocycles. The third-order valence-electron chi connectivity index (χ3n) is 4.47. The molecule has 2 fully saturated rings. The monoisotopic (exact) mass is 338 g/mol. The zero-order valence-electron chi connectivity index (χ0n) is 13.0. The van der Waals surface area contributed by atoms with Crippen LogP contribution in [0.5, 0.6) is 0 Å². The maximum Gasteiger partial charge on any atom is 0.243 e. The summed E-state index contributed by atoms with van der Waals surface area (Å²) in [7, 11) is -3.45. The Morgan fingerprint density at radius 1 is 1.17 bits per heavy atom. The number of carbonyl (C=O) groups is 1. The molecule has 126 valence electrons. The Morgan fingerprint density at radius 2 is 1.83 bits per heavy atom. The van der Waals surface area contributed by atoms with Crippen LogP contribution in [0, 0.1) is 5.92 Å². The SMILES string of the molecule is O=C(NCc1ccc(S(=O)(=O)N2CCOCC2)cc1)C1CCC1. The van der Waals surface area contributed by atoms with Crippen LogP contribution in [0.25, 0.3) is 0 Å². The van der Waals surface area contributed by atoms with Gasteiger partial charge in [-0.2, -0.15) is 4.31 Å². The Kier molecular flexibility index (Phi) is 4.99. The van der Waals surface area contributed by atoms with Gasteiger partial charge in [-0.05, 0) is 30.5 Å². The Hall–Kier alpha value is -1.44. The summed E-state index contributed by atoms with van der Waals surface area (Å²) in [6, 6.07) is 6.73. The minimum atomic E-state index is -3.45. The van der Waals surface area contributed by atoms with Crippen LogP contribution in [-0.4, -0.2) is 44.9 Å². The van der Waals surface area contributed by atoms with E-state index < -0.39 is 10.0 Å². The highest BCUT2D eigenvalue weighted by Gasteiger charge is 2.26. The number of benzene rings is 1. The topological polar surface area (TPSA) is 75.7 Å². The Balaban J connectivity index is 1.60. The van der Waals surface area contributed by atoms with Crippen LogP contribution in [0.1, 0.15) is 24.8 Å². The van der Waals surface area contributed by atoms with Crippen molar-refractivity contribution < 1.29 is 17.9 Å². The van der Waals surface area contributed by atoms with Gasteiger partial charge in [0, 0.05) is 25.6 Å². The molecule has 0 unspecified atom stereocenters. The first kappa shape index (κ1) is 16.4. The molecule has 23 heavy (non-hydrogen) atoms. The van der Waals surface area contributed by atoms with Crippen molar-refractivity contribution in [2.45, 2.75) is 30.7 Å². The summed E-state index contributed by atoms with van der Waals surface area (Å²) in [5, 5.41) is 2.91. The van der Waals surface area contributed by atoms with Crippen LogP contribution < -0.4 is 5.32 Å². The maximum absolute atomic E-state index is 12.5. The molecule has 1 aliphatic heterocycles. The van der Waals surface area contributed by atoms with Crippen molar-refractivity contribution in [1.82, 2.24) is 9.62 Å². The standard InChI is InChI=1S/C16H22N2O4S/c19-16(14-2-1-3-14)17-12-13-4-6-15(7-5-13)23(20,21)18-8-10-22-11-9-18/h4-7,14H,1-3,8-12H2,(H,17,19). The molecule has 1 aromatic rings. The Bertz CT molecular complexity index is 647. The summed E-state index contributed by atoms with van der Waals surface area (Å²) in [5.41, 5.74) is 0.901. The predicted molar refractivity (Wildman–Crippen MR) is 85.2 cm³/mol. The first-order valence-corrected chi connectivity index (χ1v) is 9.46. The Morgan fingerprint density at radius 3 is 2.39 bits per heavy atom. The lowest BCUT2D eigenvalue weighted by molar-refractivity contribution is -0.127. The summed E-state index contributed by atoms with van der Waals surface area (Å²) in [5.74, 6) is 0.261. The molecule has 1 amide bonds. The number of rotatable bonds is 5. The number of nitrogens with one attached hydrogen (secondary N) is 1. The number of hydrogen-bond acceptors (Lipinski definition) is 4. The molecule has 0 aromatic heterocycles. The first-order chi connectivity index (χ1) is 11.1. The third kappa shape index (κ3) is 3.73. The van der Waals surface area contributed by atoms with E-state index in [1.54, 1.807) is 24.3 Å². The summed E-state index contributed by atoms with van der Waals surface area (Å²) >= 11 is 0. The van der Waals surface area contributed by atoms with Gasteiger partial charge in [-0.3, -0.25) is 4.79 Å². The van der Waals surface area contributed by atoms with E-state index in [0.29, 0.717) is 32.8 Å². The van der Waals surface area contributed by atoms with E-state index in [0.717, 1.165) is 24.8 Å². The van der Waals surface area contributed by atoms with Gasteiger partial charge in [0.25, 0.3) is 0 Å². The number of carbonyl (C=O) groups excluding carboxylic acids is 1. The lowest BCUT2D eigenvalue weighted by Crippen LogP contribution is -2.40. The normalized spacial score (nSPS) is 20.0. The molecular weight excluding hydrogens is 316 g/mol. The van der Waals surface area contributed by atoms with E-state index in [1.807, 2.05) is 0 Å². The number of sulfonamides is 1. The van der Waals surface area contributed by atoms with Gasteiger partial charge < -0.3 is 10.1 Å². The van der Waals surface area contributed by atoms with Crippen molar-refractivity contribution in [2.24, 2.45) is 5.92 Å². The number of nitrogens with zero attached hydrogens (tertiary/aromatic N) is 1. The van der Waals surface area contributed by atoms with Crippen molar-refractivity contribution in [1.29, 1.82) is 0 Å². The van der Waals surface area contributed by atoms with Gasteiger partial charge in [0.2, 0.25) is 15.9 Å². The minimum Gasteiger partial charge on any atom is -0.379 e. The Labute approximate surface area is 136 Å². The van der Waals surface area contributed by atoms with Crippen LogP contribution in [0.15, 0.2) is 29.2 Å². The quantitative estimate of drug-likeness (QED) is 0.873. The molecule has 1 N–H and O–H groups in total. The highest BCUT2D eigenvalue weighted by molar-refractivity contribution is 7.89. The zero-order chi connectivity index (χ0) is 16.3. The average molecular weight is 338 g/mol. The number of ether oxygens (including phenoxy) is 1. The van der Waals surface area contributed by atoms with Gasteiger partial charge in [-0.1, -0.05) is 18.6 Å². The van der Waals surface area contributed by atoms with E-state index in [9.17, 15) is 13.2 Å². The van der Waals surface area contributed by atoms with Crippen molar-refractivity contribution in [3.8, 4) is 0 Å². The second kappa shape index (κ2) is 6.98. The van der Waals surface area contributed by atoms with E-state index in [4.69, 9.17) is 4.74 Å². The fourth-order valence-electron chi connectivity index (χ4n) is 2.72. The van der Waals surface area contributed by atoms with Crippen LogP contribution in [0.3, 0.4) is 0 Å². The third-order valence-corrected chi connectivity index (χ3v) is 6.39. The van der Waals surface area contributed by atoms with E-state index >= 15 is 0 Å². The van der Waals surface area contributed by atoms with Crippen LogP contribution in [0.4, 0.5) is 0 Å². The molecule has 0 spiro atoms. The zero-order valence-corrected chi connectivity index (χ0v) is 13.8. The second-order valence-corrected chi connectivity index (χ2v) is 7.94. The summed E-state index contributed by atoms with van der Waals surface area (Å²) in [4.78, 5) is 12.1. The van der Waals surface area contributed by atoms with Gasteiger partial charge in [0.1, 0.15) is 0 Å². The van der Waals surface area contributed by atoms with Gasteiger partial charge in [-0.15, -0.1) is 0 Å². The summed E-state index contributed by atoms with van der Waals surface area (Å²) in [6.07, 6.45) is 3.08. The molecule has 0 radical (unpaired) electrons. The van der Waals surface area contributed by atoms with Crippen molar-refractivity contribution >= 4 is 15.9 Å². The molecule has 0 atom stereocenters. The predicted octanol–water partition coefficient (Wildman–Crippen LogP) is 1.12. The first-order valence-electron chi connectivity index (χ1n) is 8.02. The van der Waals surface area contributed by atoms with Crippen molar-refractivity contribution in [3.63, 3.8) is 0 Å². The maximum atomic E-state index is 12.5. The van der Waals surface area contributed by atoms with E-state index in [-0.39, 0.29) is 16.7 Å². The van der Waals surface area contributed by atoms with Gasteiger partial charge >= 0.3 is 0 Å². The molecule has 1 aromatic carbocycles. The smallest absolute Gasteiger partial charge is 0.243 e. The van der Waals surface area contributed by atoms with E-state index in [2.05, 4.69) is 5.32 Å². The largest absolute Gasteiger partial charge is 0.379 e. The van der Waals surface area contributed by atoms with E-state index in [1.165, 1.54) is 4.31 Å². The highest BCUT2D eigenvalue weighted by Crippen LogP contribution is 2.26. The molecular formula is C16H22N2O4S. The summed E-state index contributed by atoms with van der Waals surface area (Å²) in [6.45, 7) is 2.09. The van der Waals surface area contributed by atoms with Crippen LogP contribution >= 0.6 is 0 Å².